The fourth-order valence-electron chi connectivity index (χ4n) is 8.60. The molecule has 0 aliphatic rings. The summed E-state index contributed by atoms with van der Waals surface area (Å²) in [5.74, 6) is -0.269. The molecule has 0 fully saturated rings. The summed E-state index contributed by atoms with van der Waals surface area (Å²) >= 11 is 0. The number of carbonyl (C=O) groups excluding carboxylic acids is 1. The number of phosphoric ester groups is 1. The number of quaternary nitrogens is 1. The van der Waals surface area contributed by atoms with Crippen LogP contribution in [-0.2, 0) is 18.4 Å². The molecule has 0 aromatic carbocycles. The number of phosphoric acid groups is 1. The molecule has 0 aromatic rings. The zero-order chi connectivity index (χ0) is 55.0. The number of carbonyl (C=O) groups is 1. The topological polar surface area (TPSA) is 125 Å². The molecule has 0 saturated heterocycles. The molecule has 0 rings (SSSR count). The van der Waals surface area contributed by atoms with Crippen molar-refractivity contribution in [1.82, 2.24) is 5.32 Å². The maximum absolute atomic E-state index is 13.0. The first-order chi connectivity index (χ1) is 36.4. The number of nitrogens with zero attached hydrogens (tertiary/aromatic N) is 1. The molecule has 0 saturated carbocycles. The van der Waals surface area contributed by atoms with Crippen LogP contribution >= 0.6 is 7.82 Å². The van der Waals surface area contributed by atoms with Crippen molar-refractivity contribution in [3.63, 3.8) is 0 Å². The molecule has 9 nitrogen and oxygen atoms in total. The van der Waals surface area contributed by atoms with Crippen molar-refractivity contribution in [3.05, 3.63) is 97.2 Å². The van der Waals surface area contributed by atoms with Crippen LogP contribution in [0, 0.1) is 0 Å². The lowest BCUT2D eigenvalue weighted by molar-refractivity contribution is -0.870. The lowest BCUT2D eigenvalue weighted by Gasteiger charge is -2.28. The Morgan fingerprint density at radius 2 is 0.827 bits per heavy atom. The quantitative estimate of drug-likeness (QED) is 0.0207. The maximum atomic E-state index is 13.0. The van der Waals surface area contributed by atoms with Gasteiger partial charge in [0.25, 0.3) is 0 Å². The summed E-state index contributed by atoms with van der Waals surface area (Å²) in [4.78, 5) is 23.3. The minimum absolute atomic E-state index is 0.0142. The van der Waals surface area contributed by atoms with Gasteiger partial charge in [0.05, 0.1) is 39.9 Å². The first-order valence-corrected chi connectivity index (χ1v) is 32.2. The van der Waals surface area contributed by atoms with Crippen LogP contribution in [0.3, 0.4) is 0 Å². The molecule has 0 heterocycles. The fourth-order valence-corrected chi connectivity index (χ4v) is 9.33. The summed E-state index contributed by atoms with van der Waals surface area (Å²) in [7, 11) is 1.41. The molecule has 0 aliphatic heterocycles. The van der Waals surface area contributed by atoms with Crippen LogP contribution in [0.5, 0.6) is 0 Å². The van der Waals surface area contributed by atoms with Gasteiger partial charge < -0.3 is 24.9 Å². The summed E-state index contributed by atoms with van der Waals surface area (Å²) in [6.07, 6.45) is 75.2. The number of hydrogen-bond donors (Lipinski definition) is 4. The van der Waals surface area contributed by atoms with Crippen molar-refractivity contribution in [2.75, 3.05) is 40.9 Å². The Kier molecular flexibility index (Phi) is 52.8. The molecular weight excluding hydrogens is 952 g/mol. The number of nitrogens with one attached hydrogen (secondary N) is 1. The van der Waals surface area contributed by atoms with E-state index in [0.29, 0.717) is 23.9 Å². The van der Waals surface area contributed by atoms with E-state index in [-0.39, 0.29) is 18.9 Å². The molecule has 0 aliphatic carbocycles. The van der Waals surface area contributed by atoms with Gasteiger partial charge in [-0.25, -0.2) is 4.57 Å². The minimum atomic E-state index is -4.43. The lowest BCUT2D eigenvalue weighted by atomic mass is 10.0. The largest absolute Gasteiger partial charge is 0.472 e. The summed E-state index contributed by atoms with van der Waals surface area (Å²) in [5.41, 5.74) is 0. The first kappa shape index (κ1) is 72.4. The standard InChI is InChI=1S/C65H117N2O7P/c1-6-8-10-12-14-16-18-20-21-22-23-24-25-26-27-28-29-30-31-32-33-34-35-36-37-38-39-40-41-42-43-44-45-46-48-50-52-54-56-58-64(69)66-62(61-74-75(71,72)73-60-59-67(3,4)5)65(70)63(68)57-55-53-51-49-47-19-17-15-13-11-9-7-2/h8,10,14,16,20-21,23-24,26-27,29-30,32-33,49,51,62-63,65,68,70H,6-7,9,11-13,15,17-19,22,25,28,31,34-48,50,52-61H2,1-5H3,(H-,66,69,71,72)/p+1/b10-8-,16-14-,21-20-,24-23-,27-26-,30-29-,33-32-,51-49+. The van der Waals surface area contributed by atoms with E-state index in [4.69, 9.17) is 9.05 Å². The molecule has 0 bridgehead atoms. The number of aliphatic hydroxyl groups excluding tert-OH is 2. The molecule has 0 spiro atoms. The molecule has 434 valence electrons. The summed E-state index contributed by atoms with van der Waals surface area (Å²) < 4.78 is 23.6. The smallest absolute Gasteiger partial charge is 0.390 e. The third-order valence-electron chi connectivity index (χ3n) is 13.4. The highest BCUT2D eigenvalue weighted by molar-refractivity contribution is 7.47. The van der Waals surface area contributed by atoms with Gasteiger partial charge in [0.15, 0.2) is 0 Å². The highest BCUT2D eigenvalue weighted by Crippen LogP contribution is 2.43. The van der Waals surface area contributed by atoms with E-state index in [1.165, 1.54) is 135 Å². The predicted molar refractivity (Wildman–Crippen MR) is 324 cm³/mol. The Labute approximate surface area is 462 Å². The highest BCUT2D eigenvalue weighted by Gasteiger charge is 2.31. The van der Waals surface area contributed by atoms with Gasteiger partial charge in [0.1, 0.15) is 19.3 Å². The Morgan fingerprint density at radius 3 is 1.23 bits per heavy atom. The van der Waals surface area contributed by atoms with Gasteiger partial charge in [-0.15, -0.1) is 0 Å². The first-order valence-electron chi connectivity index (χ1n) is 30.7. The Morgan fingerprint density at radius 1 is 0.480 bits per heavy atom. The molecular formula is C65H118N2O7P+. The van der Waals surface area contributed by atoms with Gasteiger partial charge in [-0.05, 0) is 96.3 Å². The second-order valence-electron chi connectivity index (χ2n) is 21.8. The summed E-state index contributed by atoms with van der Waals surface area (Å²) in [6, 6.07) is -1.05. The van der Waals surface area contributed by atoms with Crippen molar-refractivity contribution < 1.29 is 38.0 Å². The average molecular weight is 1070 g/mol. The van der Waals surface area contributed by atoms with Gasteiger partial charge in [-0.2, -0.15) is 0 Å². The van der Waals surface area contributed by atoms with Gasteiger partial charge in [-0.1, -0.05) is 246 Å². The SMILES string of the molecule is CC/C=C\C/C=C\C/C=C\C/C=C\C/C=C\C/C=C\C/C=C\CCCCCCCCCCCCCCCCCCCC(=O)NC(COP(=O)(O)OCC[N+](C)(C)C)C(O)C(O)CCC/C=C/CCCCCCCCC. The highest BCUT2D eigenvalue weighted by atomic mass is 31.2. The number of hydrogen-bond acceptors (Lipinski definition) is 6. The van der Waals surface area contributed by atoms with Gasteiger partial charge in [0.2, 0.25) is 5.91 Å². The van der Waals surface area contributed by atoms with Crippen LogP contribution in [-0.4, -0.2) is 84.6 Å². The minimum Gasteiger partial charge on any atom is -0.390 e. The molecule has 1 amide bonds. The lowest BCUT2D eigenvalue weighted by Crippen LogP contribution is -2.51. The molecule has 4 N–H and O–H groups in total. The van der Waals surface area contributed by atoms with E-state index < -0.39 is 32.7 Å². The monoisotopic (exact) mass is 1070 g/mol. The molecule has 10 heteroatoms. The molecule has 0 aromatic heterocycles. The molecule has 4 atom stereocenters. The molecule has 0 radical (unpaired) electrons. The molecule has 4 unspecified atom stereocenters. The number of rotatable bonds is 55. The van der Waals surface area contributed by atoms with E-state index in [0.717, 1.165) is 83.5 Å². The predicted octanol–water partition coefficient (Wildman–Crippen LogP) is 18.0. The van der Waals surface area contributed by atoms with E-state index in [1.807, 2.05) is 21.1 Å². The van der Waals surface area contributed by atoms with Crippen LogP contribution in [0.25, 0.3) is 0 Å². The maximum Gasteiger partial charge on any atom is 0.472 e. The Balaban J connectivity index is 4.04. The summed E-state index contributed by atoms with van der Waals surface area (Å²) in [6.45, 7) is 4.46. The van der Waals surface area contributed by atoms with E-state index in [1.54, 1.807) is 0 Å². The van der Waals surface area contributed by atoms with Gasteiger partial charge in [0, 0.05) is 6.42 Å². The van der Waals surface area contributed by atoms with E-state index in [9.17, 15) is 24.5 Å². The third kappa shape index (κ3) is 55.9. The van der Waals surface area contributed by atoms with Crippen molar-refractivity contribution in [3.8, 4) is 0 Å². The number of amides is 1. The van der Waals surface area contributed by atoms with Gasteiger partial charge >= 0.3 is 7.82 Å². The zero-order valence-electron chi connectivity index (χ0n) is 49.1. The summed E-state index contributed by atoms with van der Waals surface area (Å²) in [5, 5.41) is 24.8. The van der Waals surface area contributed by atoms with Crippen molar-refractivity contribution in [1.29, 1.82) is 0 Å². The zero-order valence-corrected chi connectivity index (χ0v) is 50.0. The third-order valence-corrected chi connectivity index (χ3v) is 14.4. The Hall–Kier alpha value is -2.62. The van der Waals surface area contributed by atoms with Crippen LogP contribution < -0.4 is 5.32 Å². The normalized spacial score (nSPS) is 14.9. The fraction of sp³-hybridized carbons (Fsp3) is 0.738. The Bertz CT molecular complexity index is 1560. The van der Waals surface area contributed by atoms with Crippen molar-refractivity contribution in [2.45, 2.75) is 270 Å². The van der Waals surface area contributed by atoms with Crippen molar-refractivity contribution in [2.24, 2.45) is 0 Å². The number of aliphatic hydroxyl groups is 2. The molecule has 75 heavy (non-hydrogen) atoms. The van der Waals surface area contributed by atoms with Crippen LogP contribution in [0.2, 0.25) is 0 Å². The van der Waals surface area contributed by atoms with Crippen LogP contribution in [0.4, 0.5) is 0 Å². The number of unbranched alkanes of at least 4 members (excludes halogenated alkanes) is 25. The van der Waals surface area contributed by atoms with Gasteiger partial charge in [-0.3, -0.25) is 13.8 Å². The second kappa shape index (κ2) is 54.7. The second-order valence-corrected chi connectivity index (χ2v) is 23.3. The van der Waals surface area contributed by atoms with E-state index >= 15 is 0 Å². The van der Waals surface area contributed by atoms with E-state index in [2.05, 4.69) is 116 Å². The van der Waals surface area contributed by atoms with Crippen LogP contribution in [0.1, 0.15) is 251 Å². The number of likely N-dealkylation sites (N-methyl/N-ethyl adjacent to an activating group) is 1. The number of allylic oxidation sites excluding steroid dienone is 16. The van der Waals surface area contributed by atoms with Crippen LogP contribution in [0.15, 0.2) is 97.2 Å². The van der Waals surface area contributed by atoms with Crippen molar-refractivity contribution >= 4 is 13.7 Å². The average Bonchev–Trinajstić information content (AvgIpc) is 3.37.